The van der Waals surface area contributed by atoms with Gasteiger partial charge in [0.2, 0.25) is 5.91 Å². The lowest BCUT2D eigenvalue weighted by Crippen LogP contribution is -2.56. The predicted molar refractivity (Wildman–Crippen MR) is 83.9 cm³/mol. The molecule has 0 saturated carbocycles. The zero-order valence-electron chi connectivity index (χ0n) is 13.1. The van der Waals surface area contributed by atoms with E-state index in [0.717, 1.165) is 5.56 Å². The fraction of sp³-hybridized carbons (Fsp3) is 0.500. The Morgan fingerprint density at radius 3 is 2.95 bits per heavy atom. The fourth-order valence-corrected chi connectivity index (χ4v) is 2.59. The van der Waals surface area contributed by atoms with Crippen LogP contribution in [0, 0.1) is 6.92 Å². The normalized spacial score (nSPS) is 18.0. The number of benzene rings is 1. The number of hydrogen-bond acceptors (Lipinski definition) is 4. The quantitative estimate of drug-likeness (QED) is 0.838. The summed E-state index contributed by atoms with van der Waals surface area (Å²) in [5.74, 6) is 0.430. The molecule has 1 heterocycles. The van der Waals surface area contributed by atoms with Crippen LogP contribution in [0.4, 0.5) is 0 Å². The molecule has 6 nitrogen and oxygen atoms in total. The third-order valence-corrected chi connectivity index (χ3v) is 3.79. The van der Waals surface area contributed by atoms with Gasteiger partial charge in [0.05, 0.1) is 0 Å². The van der Waals surface area contributed by atoms with Crippen LogP contribution in [0.1, 0.15) is 29.3 Å². The summed E-state index contributed by atoms with van der Waals surface area (Å²) in [5.41, 5.74) is 6.93. The molecule has 120 valence electrons. The van der Waals surface area contributed by atoms with Crippen molar-refractivity contribution in [3.05, 3.63) is 29.3 Å². The number of carbonyl (C=O) groups is 2. The van der Waals surface area contributed by atoms with E-state index in [1.165, 1.54) is 0 Å². The van der Waals surface area contributed by atoms with Crippen molar-refractivity contribution in [3.8, 4) is 5.75 Å². The molecule has 0 spiro atoms. The standard InChI is InChI=1S/C16H23N3O3/c1-3-13-15(20)18-7-8-19(13)16(21)12-5-4-11(2)14(10-12)22-9-6-17/h4-5,10,13H,3,6-9,17H2,1-2H3,(H,18,20)/t13-/m0/s1. The van der Waals surface area contributed by atoms with Crippen LogP contribution in [-0.4, -0.2) is 49.0 Å². The van der Waals surface area contributed by atoms with E-state index in [9.17, 15) is 9.59 Å². The molecule has 1 aromatic carbocycles. The molecule has 1 aromatic rings. The Labute approximate surface area is 130 Å². The number of ether oxygens (including phenoxy) is 1. The first kappa shape index (κ1) is 16.3. The zero-order chi connectivity index (χ0) is 16.1. The molecule has 6 heteroatoms. The van der Waals surface area contributed by atoms with E-state index >= 15 is 0 Å². The lowest BCUT2D eigenvalue weighted by molar-refractivity contribution is -0.127. The van der Waals surface area contributed by atoms with Gasteiger partial charge in [-0.05, 0) is 31.0 Å². The molecule has 0 aromatic heterocycles. The third-order valence-electron chi connectivity index (χ3n) is 3.79. The van der Waals surface area contributed by atoms with Gasteiger partial charge in [-0.1, -0.05) is 13.0 Å². The lowest BCUT2D eigenvalue weighted by Gasteiger charge is -2.34. The molecule has 2 rings (SSSR count). The number of hydrogen-bond donors (Lipinski definition) is 2. The molecule has 1 atom stereocenters. The number of rotatable bonds is 5. The Bertz CT molecular complexity index is 560. The maximum Gasteiger partial charge on any atom is 0.254 e. The van der Waals surface area contributed by atoms with Crippen LogP contribution >= 0.6 is 0 Å². The lowest BCUT2D eigenvalue weighted by atomic mass is 10.1. The first-order valence-electron chi connectivity index (χ1n) is 7.60. The Hall–Kier alpha value is -2.08. The van der Waals surface area contributed by atoms with Gasteiger partial charge >= 0.3 is 0 Å². The van der Waals surface area contributed by atoms with Crippen LogP contribution < -0.4 is 15.8 Å². The van der Waals surface area contributed by atoms with Crippen molar-refractivity contribution in [1.82, 2.24) is 10.2 Å². The van der Waals surface area contributed by atoms with E-state index < -0.39 is 6.04 Å². The molecule has 0 bridgehead atoms. The summed E-state index contributed by atoms with van der Waals surface area (Å²) in [4.78, 5) is 26.2. The van der Waals surface area contributed by atoms with Crippen LogP contribution in [0.15, 0.2) is 18.2 Å². The van der Waals surface area contributed by atoms with Crippen LogP contribution in [-0.2, 0) is 4.79 Å². The van der Waals surface area contributed by atoms with Gasteiger partial charge in [0.25, 0.3) is 5.91 Å². The minimum absolute atomic E-state index is 0.0891. The summed E-state index contributed by atoms with van der Waals surface area (Å²) in [5, 5.41) is 2.80. The van der Waals surface area contributed by atoms with Crippen molar-refractivity contribution in [1.29, 1.82) is 0 Å². The largest absolute Gasteiger partial charge is 0.492 e. The van der Waals surface area contributed by atoms with Crippen LogP contribution in [0.2, 0.25) is 0 Å². The second-order valence-electron chi connectivity index (χ2n) is 5.33. The van der Waals surface area contributed by atoms with Gasteiger partial charge in [0.1, 0.15) is 18.4 Å². The van der Waals surface area contributed by atoms with Gasteiger partial charge in [-0.2, -0.15) is 0 Å². The SMILES string of the molecule is CC[C@H]1C(=O)NCCN1C(=O)c1ccc(C)c(OCCN)c1. The molecule has 1 fully saturated rings. The topological polar surface area (TPSA) is 84.7 Å². The Balaban J connectivity index is 2.22. The average molecular weight is 305 g/mol. The molecular weight excluding hydrogens is 282 g/mol. The second-order valence-corrected chi connectivity index (χ2v) is 5.33. The number of nitrogens with zero attached hydrogens (tertiary/aromatic N) is 1. The smallest absolute Gasteiger partial charge is 0.254 e. The van der Waals surface area contributed by atoms with Gasteiger partial charge in [-0.15, -0.1) is 0 Å². The van der Waals surface area contributed by atoms with Gasteiger partial charge in [-0.3, -0.25) is 9.59 Å². The highest BCUT2D eigenvalue weighted by molar-refractivity contribution is 5.98. The minimum atomic E-state index is -0.407. The average Bonchev–Trinajstić information content (AvgIpc) is 2.53. The maximum atomic E-state index is 12.7. The van der Waals surface area contributed by atoms with Gasteiger partial charge in [0, 0.05) is 25.2 Å². The summed E-state index contributed by atoms with van der Waals surface area (Å²) >= 11 is 0. The van der Waals surface area contributed by atoms with E-state index in [1.54, 1.807) is 17.0 Å². The number of carbonyl (C=O) groups excluding carboxylic acids is 2. The fourth-order valence-electron chi connectivity index (χ4n) is 2.59. The number of piperazine rings is 1. The van der Waals surface area contributed by atoms with Crippen molar-refractivity contribution in [2.75, 3.05) is 26.2 Å². The molecule has 3 N–H and O–H groups in total. The molecule has 0 radical (unpaired) electrons. The van der Waals surface area contributed by atoms with Crippen molar-refractivity contribution in [3.63, 3.8) is 0 Å². The molecule has 22 heavy (non-hydrogen) atoms. The summed E-state index contributed by atoms with van der Waals surface area (Å²) in [6.45, 7) is 5.66. The molecule has 0 aliphatic carbocycles. The number of aryl methyl sites for hydroxylation is 1. The highest BCUT2D eigenvalue weighted by atomic mass is 16.5. The number of nitrogens with two attached hydrogens (primary N) is 1. The highest BCUT2D eigenvalue weighted by Crippen LogP contribution is 2.22. The van der Waals surface area contributed by atoms with Crippen molar-refractivity contribution in [2.45, 2.75) is 26.3 Å². The molecule has 1 saturated heterocycles. The van der Waals surface area contributed by atoms with E-state index in [4.69, 9.17) is 10.5 Å². The molecule has 2 amide bonds. The van der Waals surface area contributed by atoms with Gasteiger partial charge in [-0.25, -0.2) is 0 Å². The van der Waals surface area contributed by atoms with Crippen molar-refractivity contribution >= 4 is 11.8 Å². The molecule has 1 aliphatic heterocycles. The molecular formula is C16H23N3O3. The monoisotopic (exact) mass is 305 g/mol. The summed E-state index contributed by atoms with van der Waals surface area (Å²) in [6, 6.07) is 4.94. The van der Waals surface area contributed by atoms with E-state index in [1.807, 2.05) is 19.9 Å². The number of amides is 2. The minimum Gasteiger partial charge on any atom is -0.492 e. The van der Waals surface area contributed by atoms with Crippen LogP contribution in [0.3, 0.4) is 0 Å². The molecule has 0 unspecified atom stereocenters. The zero-order valence-corrected chi connectivity index (χ0v) is 13.1. The van der Waals surface area contributed by atoms with Crippen molar-refractivity contribution < 1.29 is 14.3 Å². The Kier molecular flexibility index (Phi) is 5.38. The number of nitrogens with one attached hydrogen (secondary N) is 1. The van der Waals surface area contributed by atoms with Gasteiger partial charge < -0.3 is 20.7 Å². The van der Waals surface area contributed by atoms with Gasteiger partial charge in [0.15, 0.2) is 0 Å². The summed E-state index contributed by atoms with van der Waals surface area (Å²) in [6.07, 6.45) is 0.597. The van der Waals surface area contributed by atoms with E-state index in [0.29, 0.717) is 44.0 Å². The molecule has 1 aliphatic rings. The predicted octanol–water partition coefficient (Wildman–Crippen LogP) is 0.683. The Morgan fingerprint density at radius 1 is 1.50 bits per heavy atom. The van der Waals surface area contributed by atoms with Crippen LogP contribution in [0.25, 0.3) is 0 Å². The van der Waals surface area contributed by atoms with E-state index in [2.05, 4.69) is 5.32 Å². The van der Waals surface area contributed by atoms with Crippen LogP contribution in [0.5, 0.6) is 5.75 Å². The maximum absolute atomic E-state index is 12.7. The Morgan fingerprint density at radius 2 is 2.27 bits per heavy atom. The highest BCUT2D eigenvalue weighted by Gasteiger charge is 2.32. The van der Waals surface area contributed by atoms with E-state index in [-0.39, 0.29) is 11.8 Å². The summed E-state index contributed by atoms with van der Waals surface area (Å²) < 4.78 is 5.56. The van der Waals surface area contributed by atoms with Crippen molar-refractivity contribution in [2.24, 2.45) is 5.73 Å². The first-order chi connectivity index (χ1) is 10.6. The second kappa shape index (κ2) is 7.26. The first-order valence-corrected chi connectivity index (χ1v) is 7.60. The summed E-state index contributed by atoms with van der Waals surface area (Å²) in [7, 11) is 0. The third kappa shape index (κ3) is 3.39.